The summed E-state index contributed by atoms with van der Waals surface area (Å²) in [5.41, 5.74) is 0. The van der Waals surface area contributed by atoms with Crippen molar-refractivity contribution in [1.82, 2.24) is 9.44 Å². The molecular formula is C8H13BrN2O4S3. The van der Waals surface area contributed by atoms with Gasteiger partial charge in [0, 0.05) is 11.4 Å². The number of hydrogen-bond donors (Lipinski definition) is 2. The largest absolute Gasteiger partial charge is 0.241 e. The number of halogens is 1. The maximum atomic E-state index is 11.9. The van der Waals surface area contributed by atoms with Gasteiger partial charge in [0.2, 0.25) is 20.0 Å². The van der Waals surface area contributed by atoms with Crippen molar-refractivity contribution in [2.75, 3.05) is 19.3 Å². The number of hydrogen-bond acceptors (Lipinski definition) is 5. The number of rotatable bonds is 6. The van der Waals surface area contributed by atoms with Gasteiger partial charge in [0.15, 0.2) is 0 Å². The first-order valence-electron chi connectivity index (χ1n) is 4.85. The Bertz CT molecular complexity index is 621. The summed E-state index contributed by atoms with van der Waals surface area (Å²) in [6.45, 7) is 1.52. The third kappa shape index (κ3) is 4.28. The monoisotopic (exact) mass is 376 g/mol. The van der Waals surface area contributed by atoms with Gasteiger partial charge in [-0.15, -0.1) is 11.3 Å². The van der Waals surface area contributed by atoms with Crippen LogP contribution in [0.15, 0.2) is 14.7 Å². The first kappa shape index (κ1) is 16.1. The summed E-state index contributed by atoms with van der Waals surface area (Å²) in [4.78, 5) is 0.812. The van der Waals surface area contributed by atoms with E-state index in [2.05, 4.69) is 25.4 Å². The van der Waals surface area contributed by atoms with E-state index in [9.17, 15) is 16.8 Å². The summed E-state index contributed by atoms with van der Waals surface area (Å²) >= 11 is 4.51. The second-order valence-corrected chi connectivity index (χ2v) is 9.81. The molecule has 0 bridgehead atoms. The van der Waals surface area contributed by atoms with Gasteiger partial charge < -0.3 is 0 Å². The van der Waals surface area contributed by atoms with Crippen molar-refractivity contribution in [3.05, 3.63) is 14.7 Å². The highest BCUT2D eigenvalue weighted by molar-refractivity contribution is 9.11. The summed E-state index contributed by atoms with van der Waals surface area (Å²) < 4.78 is 51.2. The van der Waals surface area contributed by atoms with E-state index in [1.54, 1.807) is 6.92 Å². The smallest absolute Gasteiger partial charge is 0.218 e. The molecule has 0 spiro atoms. The summed E-state index contributed by atoms with van der Waals surface area (Å²) in [6.07, 6.45) is 0. The Balaban J connectivity index is 2.76. The Kier molecular flexibility index (Phi) is 5.32. The van der Waals surface area contributed by atoms with Crippen LogP contribution >= 0.6 is 27.3 Å². The third-order valence-corrected chi connectivity index (χ3v) is 6.74. The molecule has 0 saturated heterocycles. The van der Waals surface area contributed by atoms with Crippen LogP contribution in [-0.4, -0.2) is 36.2 Å². The van der Waals surface area contributed by atoms with E-state index in [-0.39, 0.29) is 17.2 Å². The Morgan fingerprint density at radius 2 is 1.94 bits per heavy atom. The second kappa shape index (κ2) is 5.97. The zero-order chi connectivity index (χ0) is 14.0. The molecule has 0 aliphatic rings. The molecule has 1 aromatic rings. The van der Waals surface area contributed by atoms with Crippen molar-refractivity contribution in [1.29, 1.82) is 0 Å². The molecule has 0 atom stereocenters. The standard InChI is InChI=1S/C8H13BrN2O4S3/c1-6-7(5-8(9)16-6)18(14,15)11-3-4-17(12,13)10-2/h5,10-11H,3-4H2,1-2H3. The summed E-state index contributed by atoms with van der Waals surface area (Å²) in [7, 11) is -5.79. The molecule has 0 aliphatic heterocycles. The van der Waals surface area contributed by atoms with Crippen LogP contribution in [0.3, 0.4) is 0 Å². The fourth-order valence-electron chi connectivity index (χ4n) is 1.19. The lowest BCUT2D eigenvalue weighted by molar-refractivity contribution is 0.578. The minimum atomic E-state index is -3.66. The van der Waals surface area contributed by atoms with Crippen LogP contribution in [0.2, 0.25) is 0 Å². The van der Waals surface area contributed by atoms with Gasteiger partial charge in [-0.05, 0) is 36.0 Å². The molecule has 1 rings (SSSR count). The predicted molar refractivity (Wildman–Crippen MR) is 74.8 cm³/mol. The molecule has 1 heterocycles. The quantitative estimate of drug-likeness (QED) is 0.761. The molecule has 1 aromatic heterocycles. The van der Waals surface area contributed by atoms with Gasteiger partial charge in [0.25, 0.3) is 0 Å². The zero-order valence-electron chi connectivity index (χ0n) is 9.73. The zero-order valence-corrected chi connectivity index (χ0v) is 13.8. The molecule has 0 unspecified atom stereocenters. The minimum absolute atomic E-state index is 0.168. The minimum Gasteiger partial charge on any atom is -0.218 e. The van der Waals surface area contributed by atoms with Crippen LogP contribution < -0.4 is 9.44 Å². The molecule has 10 heteroatoms. The average Bonchev–Trinajstić information content (AvgIpc) is 2.58. The Labute approximate surface area is 119 Å². The topological polar surface area (TPSA) is 92.3 Å². The molecule has 0 saturated carbocycles. The van der Waals surface area contributed by atoms with E-state index in [0.29, 0.717) is 8.66 Å². The van der Waals surface area contributed by atoms with E-state index in [1.165, 1.54) is 24.5 Å². The van der Waals surface area contributed by atoms with Crippen molar-refractivity contribution in [2.24, 2.45) is 0 Å². The lowest BCUT2D eigenvalue weighted by Gasteiger charge is -2.06. The van der Waals surface area contributed by atoms with Crippen molar-refractivity contribution >= 4 is 47.3 Å². The lowest BCUT2D eigenvalue weighted by atomic mass is 10.5. The van der Waals surface area contributed by atoms with Gasteiger partial charge in [-0.2, -0.15) is 0 Å². The molecule has 2 N–H and O–H groups in total. The summed E-state index contributed by atoms with van der Waals surface area (Å²) in [5.74, 6) is -0.299. The first-order valence-corrected chi connectivity index (χ1v) is 9.59. The van der Waals surface area contributed by atoms with E-state index in [0.717, 1.165) is 0 Å². The lowest BCUT2D eigenvalue weighted by Crippen LogP contribution is -2.33. The van der Waals surface area contributed by atoms with Crippen LogP contribution in [0, 0.1) is 6.92 Å². The molecular weight excluding hydrogens is 364 g/mol. The van der Waals surface area contributed by atoms with Gasteiger partial charge >= 0.3 is 0 Å². The SMILES string of the molecule is CNS(=O)(=O)CCNS(=O)(=O)c1cc(Br)sc1C. The van der Waals surface area contributed by atoms with Crippen LogP contribution in [0.5, 0.6) is 0 Å². The molecule has 6 nitrogen and oxygen atoms in total. The van der Waals surface area contributed by atoms with Gasteiger partial charge in [-0.3, -0.25) is 0 Å². The fraction of sp³-hybridized carbons (Fsp3) is 0.500. The normalized spacial score (nSPS) is 12.8. The molecule has 18 heavy (non-hydrogen) atoms. The molecule has 0 radical (unpaired) electrons. The maximum absolute atomic E-state index is 11.9. The van der Waals surface area contributed by atoms with Gasteiger partial charge in [-0.25, -0.2) is 26.3 Å². The highest BCUT2D eigenvalue weighted by Gasteiger charge is 2.19. The van der Waals surface area contributed by atoms with Gasteiger partial charge in [-0.1, -0.05) is 0 Å². The predicted octanol–water partition coefficient (Wildman–Crippen LogP) is 0.647. The molecule has 104 valence electrons. The second-order valence-electron chi connectivity index (χ2n) is 3.39. The van der Waals surface area contributed by atoms with Crippen molar-refractivity contribution in [2.45, 2.75) is 11.8 Å². The third-order valence-electron chi connectivity index (χ3n) is 2.11. The van der Waals surface area contributed by atoms with Crippen LogP contribution in [-0.2, 0) is 20.0 Å². The van der Waals surface area contributed by atoms with Crippen LogP contribution in [0.25, 0.3) is 0 Å². The van der Waals surface area contributed by atoms with Gasteiger partial charge in [0.05, 0.1) is 14.4 Å². The van der Waals surface area contributed by atoms with Crippen molar-refractivity contribution in [3.8, 4) is 0 Å². The number of thiophene rings is 1. The first-order chi connectivity index (χ1) is 8.18. The molecule has 0 aliphatic carbocycles. The fourth-order valence-corrected chi connectivity index (χ4v) is 5.34. The van der Waals surface area contributed by atoms with Crippen LogP contribution in [0.4, 0.5) is 0 Å². The molecule has 0 fully saturated rings. The number of nitrogens with one attached hydrogen (secondary N) is 2. The van der Waals surface area contributed by atoms with E-state index >= 15 is 0 Å². The van der Waals surface area contributed by atoms with Crippen molar-refractivity contribution < 1.29 is 16.8 Å². The van der Waals surface area contributed by atoms with Gasteiger partial charge in [0.1, 0.15) is 0 Å². The Morgan fingerprint density at radius 3 is 2.39 bits per heavy atom. The highest BCUT2D eigenvalue weighted by atomic mass is 79.9. The van der Waals surface area contributed by atoms with E-state index < -0.39 is 20.0 Å². The molecule has 0 amide bonds. The van der Waals surface area contributed by atoms with Crippen LogP contribution in [0.1, 0.15) is 4.88 Å². The van der Waals surface area contributed by atoms with E-state index in [1.807, 2.05) is 0 Å². The van der Waals surface area contributed by atoms with Crippen molar-refractivity contribution in [3.63, 3.8) is 0 Å². The number of sulfonamides is 2. The highest BCUT2D eigenvalue weighted by Crippen LogP contribution is 2.29. The maximum Gasteiger partial charge on any atom is 0.241 e. The summed E-state index contributed by atoms with van der Waals surface area (Å²) in [5, 5.41) is 0. The number of aryl methyl sites for hydroxylation is 1. The average molecular weight is 377 g/mol. The Morgan fingerprint density at radius 1 is 1.33 bits per heavy atom. The molecule has 0 aromatic carbocycles. The van der Waals surface area contributed by atoms with E-state index in [4.69, 9.17) is 0 Å². The Hall–Kier alpha value is -0.0000000000000000833. The summed E-state index contributed by atoms with van der Waals surface area (Å²) in [6, 6.07) is 1.49.